The number of Topliss-reactive ketones (excluding diaryl/α,β-unsaturated/α-hetero) is 1. The first-order valence-electron chi connectivity index (χ1n) is 6.27. The maximum Gasteiger partial charge on any atom is 0.410 e. The van der Waals surface area contributed by atoms with E-state index in [-0.39, 0.29) is 17.8 Å². The van der Waals surface area contributed by atoms with Crippen molar-refractivity contribution < 1.29 is 14.3 Å². The van der Waals surface area contributed by atoms with E-state index in [1.165, 1.54) is 0 Å². The van der Waals surface area contributed by atoms with E-state index < -0.39 is 5.60 Å². The first-order valence-corrected chi connectivity index (χ1v) is 6.27. The van der Waals surface area contributed by atoms with Crippen molar-refractivity contribution in [2.45, 2.75) is 45.6 Å². The van der Waals surface area contributed by atoms with Crippen molar-refractivity contribution in [3.63, 3.8) is 0 Å². The van der Waals surface area contributed by atoms with Crippen molar-refractivity contribution in [2.75, 3.05) is 13.1 Å². The van der Waals surface area contributed by atoms with Crippen LogP contribution in [0, 0.1) is 18.3 Å². The summed E-state index contributed by atoms with van der Waals surface area (Å²) < 4.78 is 5.27. The van der Waals surface area contributed by atoms with Crippen LogP contribution in [0.25, 0.3) is 0 Å². The van der Waals surface area contributed by atoms with Crippen molar-refractivity contribution >= 4 is 11.9 Å². The zero-order chi connectivity index (χ0) is 13.8. The third-order valence-electron chi connectivity index (χ3n) is 2.81. The van der Waals surface area contributed by atoms with E-state index in [9.17, 15) is 9.59 Å². The number of carbonyl (C=O) groups is 2. The smallest absolute Gasteiger partial charge is 0.410 e. The minimum absolute atomic E-state index is 0.0779. The Morgan fingerprint density at radius 3 is 2.67 bits per heavy atom. The molecule has 4 heteroatoms. The lowest BCUT2D eigenvalue weighted by atomic mass is 10.00. The molecule has 0 N–H and O–H groups in total. The number of nitrogens with zero attached hydrogens (tertiary/aromatic N) is 1. The van der Waals surface area contributed by atoms with Crippen LogP contribution in [0.4, 0.5) is 4.79 Å². The molecule has 1 fully saturated rings. The maximum atomic E-state index is 11.8. The van der Waals surface area contributed by atoms with Gasteiger partial charge in [0.2, 0.25) is 0 Å². The number of ketones is 1. The lowest BCUT2D eigenvalue weighted by molar-refractivity contribution is -0.122. The zero-order valence-electron chi connectivity index (χ0n) is 11.4. The fourth-order valence-corrected chi connectivity index (χ4v) is 1.91. The summed E-state index contributed by atoms with van der Waals surface area (Å²) in [6.07, 6.45) is 6.39. The van der Waals surface area contributed by atoms with Gasteiger partial charge in [0.15, 0.2) is 0 Å². The Morgan fingerprint density at radius 1 is 1.44 bits per heavy atom. The maximum absolute atomic E-state index is 11.8. The highest BCUT2D eigenvalue weighted by atomic mass is 16.6. The Labute approximate surface area is 109 Å². The van der Waals surface area contributed by atoms with Gasteiger partial charge in [-0.1, -0.05) is 0 Å². The van der Waals surface area contributed by atoms with Crippen LogP contribution in [0.1, 0.15) is 40.0 Å². The van der Waals surface area contributed by atoms with E-state index in [1.54, 1.807) is 4.90 Å². The highest BCUT2D eigenvalue weighted by molar-refractivity contribution is 5.82. The lowest BCUT2D eigenvalue weighted by Gasteiger charge is -2.24. The van der Waals surface area contributed by atoms with Gasteiger partial charge in [0.05, 0.1) is 0 Å². The zero-order valence-corrected chi connectivity index (χ0v) is 11.4. The number of amides is 1. The van der Waals surface area contributed by atoms with Gasteiger partial charge in [-0.15, -0.1) is 12.3 Å². The highest BCUT2D eigenvalue weighted by Gasteiger charge is 2.32. The molecule has 0 aromatic heterocycles. The van der Waals surface area contributed by atoms with Gasteiger partial charge in [0.1, 0.15) is 11.4 Å². The quantitative estimate of drug-likeness (QED) is 0.723. The molecule has 0 aliphatic carbocycles. The summed E-state index contributed by atoms with van der Waals surface area (Å²) in [6, 6.07) is 0. The molecule has 1 saturated heterocycles. The largest absolute Gasteiger partial charge is 0.444 e. The normalized spacial score (nSPS) is 19.4. The summed E-state index contributed by atoms with van der Waals surface area (Å²) in [5.74, 6) is 2.54. The SMILES string of the molecule is C#CCCC(=O)[C@@H]1CCN(C(=O)OC(C)(C)C)C1. The predicted octanol–water partition coefficient (Wildman–Crippen LogP) is 2.23. The van der Waals surface area contributed by atoms with Crippen LogP contribution >= 0.6 is 0 Å². The van der Waals surface area contributed by atoms with E-state index in [0.717, 1.165) is 0 Å². The fraction of sp³-hybridized carbons (Fsp3) is 0.714. The van der Waals surface area contributed by atoms with E-state index >= 15 is 0 Å². The molecule has 0 spiro atoms. The first kappa shape index (κ1) is 14.6. The minimum Gasteiger partial charge on any atom is -0.444 e. The van der Waals surface area contributed by atoms with Crippen LogP contribution in [-0.2, 0) is 9.53 Å². The Bertz CT molecular complexity index is 362. The molecule has 1 rings (SSSR count). The van der Waals surface area contributed by atoms with Gasteiger partial charge >= 0.3 is 6.09 Å². The van der Waals surface area contributed by atoms with Gasteiger partial charge in [-0.3, -0.25) is 4.79 Å². The number of terminal acetylenes is 1. The Morgan fingerprint density at radius 2 is 2.11 bits per heavy atom. The Hall–Kier alpha value is -1.50. The van der Waals surface area contributed by atoms with Gasteiger partial charge in [-0.2, -0.15) is 0 Å². The monoisotopic (exact) mass is 251 g/mol. The van der Waals surface area contributed by atoms with Crippen LogP contribution in [0.5, 0.6) is 0 Å². The van der Waals surface area contributed by atoms with Crippen molar-refractivity contribution in [1.29, 1.82) is 0 Å². The Kier molecular flexibility index (Phi) is 4.77. The minimum atomic E-state index is -0.497. The van der Waals surface area contributed by atoms with Crippen LogP contribution < -0.4 is 0 Å². The van der Waals surface area contributed by atoms with Crippen LogP contribution in [-0.4, -0.2) is 35.5 Å². The van der Waals surface area contributed by atoms with Crippen LogP contribution in [0.15, 0.2) is 0 Å². The van der Waals surface area contributed by atoms with Crippen molar-refractivity contribution in [3.05, 3.63) is 0 Å². The summed E-state index contributed by atoms with van der Waals surface area (Å²) >= 11 is 0. The molecule has 0 radical (unpaired) electrons. The molecule has 1 heterocycles. The summed E-state index contributed by atoms with van der Waals surface area (Å²) in [5.41, 5.74) is -0.497. The van der Waals surface area contributed by atoms with Crippen molar-refractivity contribution in [1.82, 2.24) is 4.90 Å². The molecule has 0 aromatic rings. The average Bonchev–Trinajstić information content (AvgIpc) is 2.72. The summed E-state index contributed by atoms with van der Waals surface area (Å²) in [4.78, 5) is 25.2. The molecule has 0 aromatic carbocycles. The molecule has 0 bridgehead atoms. The first-order chi connectivity index (χ1) is 8.33. The summed E-state index contributed by atoms with van der Waals surface area (Å²) in [6.45, 7) is 6.53. The van der Waals surface area contributed by atoms with E-state index in [1.807, 2.05) is 20.8 Å². The average molecular weight is 251 g/mol. The standard InChI is InChI=1S/C14H21NO3/c1-5-6-7-12(16)11-8-9-15(10-11)13(17)18-14(2,3)4/h1,11H,6-10H2,2-4H3/t11-/m1/s1. The molecular formula is C14H21NO3. The van der Waals surface area contributed by atoms with Crippen LogP contribution in [0.2, 0.25) is 0 Å². The molecular weight excluding hydrogens is 230 g/mol. The van der Waals surface area contributed by atoms with Gasteiger partial charge in [0.25, 0.3) is 0 Å². The number of ether oxygens (including phenoxy) is 1. The van der Waals surface area contributed by atoms with E-state index in [0.29, 0.717) is 32.4 Å². The van der Waals surface area contributed by atoms with Crippen molar-refractivity contribution in [3.8, 4) is 12.3 Å². The Balaban J connectivity index is 2.44. The van der Waals surface area contributed by atoms with Gasteiger partial charge in [-0.05, 0) is 27.2 Å². The van der Waals surface area contributed by atoms with E-state index in [4.69, 9.17) is 11.2 Å². The molecule has 1 aliphatic heterocycles. The molecule has 0 unspecified atom stereocenters. The topological polar surface area (TPSA) is 46.6 Å². The highest BCUT2D eigenvalue weighted by Crippen LogP contribution is 2.21. The number of likely N-dealkylation sites (tertiary alicyclic amines) is 1. The third kappa shape index (κ3) is 4.40. The van der Waals surface area contributed by atoms with Gasteiger partial charge in [-0.25, -0.2) is 4.79 Å². The second-order valence-corrected chi connectivity index (χ2v) is 5.58. The molecule has 0 saturated carbocycles. The second-order valence-electron chi connectivity index (χ2n) is 5.58. The molecule has 100 valence electrons. The van der Waals surface area contributed by atoms with E-state index in [2.05, 4.69) is 5.92 Å². The predicted molar refractivity (Wildman–Crippen MR) is 69.0 cm³/mol. The number of hydrogen-bond donors (Lipinski definition) is 0. The summed E-state index contributed by atoms with van der Waals surface area (Å²) in [5, 5.41) is 0. The number of carbonyl (C=O) groups excluding carboxylic acids is 2. The van der Waals surface area contributed by atoms with Crippen LogP contribution in [0.3, 0.4) is 0 Å². The van der Waals surface area contributed by atoms with Gasteiger partial charge in [0, 0.05) is 31.8 Å². The number of hydrogen-bond acceptors (Lipinski definition) is 3. The lowest BCUT2D eigenvalue weighted by Crippen LogP contribution is -2.35. The third-order valence-corrected chi connectivity index (χ3v) is 2.81. The second kappa shape index (κ2) is 5.90. The molecule has 1 aliphatic rings. The molecule has 4 nitrogen and oxygen atoms in total. The fourth-order valence-electron chi connectivity index (χ4n) is 1.91. The number of rotatable bonds is 3. The summed E-state index contributed by atoms with van der Waals surface area (Å²) in [7, 11) is 0. The molecule has 1 amide bonds. The molecule has 1 atom stereocenters. The van der Waals surface area contributed by atoms with Crippen molar-refractivity contribution in [2.24, 2.45) is 5.92 Å². The van der Waals surface area contributed by atoms with Gasteiger partial charge < -0.3 is 9.64 Å². The molecule has 18 heavy (non-hydrogen) atoms.